The Morgan fingerprint density at radius 3 is 2.52 bits per heavy atom. The molecule has 0 unspecified atom stereocenters. The predicted octanol–water partition coefficient (Wildman–Crippen LogP) is 3.53. The molecule has 1 aliphatic heterocycles. The van der Waals surface area contributed by atoms with Crippen molar-refractivity contribution < 1.29 is 35.5 Å². The molecule has 31 heavy (non-hydrogen) atoms. The Hall–Kier alpha value is -3.54. The third-order valence-electron chi connectivity index (χ3n) is 4.47. The number of aromatic nitrogens is 1. The maximum atomic E-state index is 13.3. The summed E-state index contributed by atoms with van der Waals surface area (Å²) >= 11 is 0. The molecule has 0 saturated carbocycles. The van der Waals surface area contributed by atoms with Gasteiger partial charge in [-0.1, -0.05) is 0 Å². The summed E-state index contributed by atoms with van der Waals surface area (Å²) in [6.07, 6.45) is -2.33. The Labute approximate surface area is 174 Å². The van der Waals surface area contributed by atoms with E-state index in [0.717, 1.165) is 41.2 Å². The average Bonchev–Trinajstić information content (AvgIpc) is 3.22. The fourth-order valence-corrected chi connectivity index (χ4v) is 4.60. The lowest BCUT2D eigenvalue weighted by atomic mass is 10.2. The number of hydrogen-bond donors (Lipinski definition) is 1. The molecule has 1 amide bonds. The molecule has 12 heteroatoms. The SMILES string of the molecule is O=C(Nc1ccc2c(c1)S(=O)(=O)N(c1ccc(C(F)(F)F)cc1)CCO2)c1cocn1. The molecule has 0 bridgehead atoms. The molecule has 1 aliphatic rings. The highest BCUT2D eigenvalue weighted by molar-refractivity contribution is 7.93. The number of nitrogens with one attached hydrogen (secondary N) is 1. The van der Waals surface area contributed by atoms with E-state index >= 15 is 0 Å². The molecule has 4 rings (SSSR count). The Bertz CT molecular complexity index is 1210. The number of carbonyl (C=O) groups is 1. The summed E-state index contributed by atoms with van der Waals surface area (Å²) in [6, 6.07) is 7.86. The highest BCUT2D eigenvalue weighted by Crippen LogP contribution is 2.36. The van der Waals surface area contributed by atoms with Gasteiger partial charge < -0.3 is 14.5 Å². The summed E-state index contributed by atoms with van der Waals surface area (Å²) in [4.78, 5) is 15.6. The molecule has 0 aliphatic carbocycles. The summed E-state index contributed by atoms with van der Waals surface area (Å²) in [7, 11) is -4.19. The van der Waals surface area contributed by atoms with Crippen molar-refractivity contribution in [1.29, 1.82) is 0 Å². The van der Waals surface area contributed by atoms with Crippen molar-refractivity contribution in [2.75, 3.05) is 22.8 Å². The molecule has 8 nitrogen and oxygen atoms in total. The van der Waals surface area contributed by atoms with Crippen LogP contribution in [0.15, 0.2) is 64.4 Å². The van der Waals surface area contributed by atoms with Crippen LogP contribution in [0.3, 0.4) is 0 Å². The van der Waals surface area contributed by atoms with Crippen LogP contribution in [0.1, 0.15) is 16.1 Å². The number of oxazole rings is 1. The van der Waals surface area contributed by atoms with Crippen molar-refractivity contribution in [1.82, 2.24) is 4.98 Å². The second-order valence-corrected chi connectivity index (χ2v) is 8.29. The van der Waals surface area contributed by atoms with Crippen LogP contribution in [-0.2, 0) is 16.2 Å². The van der Waals surface area contributed by atoms with E-state index in [9.17, 15) is 26.4 Å². The van der Waals surface area contributed by atoms with Crippen molar-refractivity contribution >= 4 is 27.3 Å². The summed E-state index contributed by atoms with van der Waals surface area (Å²) in [5, 5.41) is 2.51. The molecule has 0 atom stereocenters. The molecule has 2 aromatic carbocycles. The normalized spacial score (nSPS) is 15.5. The number of benzene rings is 2. The van der Waals surface area contributed by atoms with Gasteiger partial charge in [0.05, 0.1) is 17.8 Å². The van der Waals surface area contributed by atoms with Gasteiger partial charge in [0.15, 0.2) is 12.1 Å². The van der Waals surface area contributed by atoms with E-state index in [-0.39, 0.29) is 40.9 Å². The van der Waals surface area contributed by atoms with E-state index < -0.39 is 27.7 Å². The van der Waals surface area contributed by atoms with Crippen molar-refractivity contribution in [3.8, 4) is 5.75 Å². The van der Waals surface area contributed by atoms with Crippen LogP contribution in [0.25, 0.3) is 0 Å². The van der Waals surface area contributed by atoms with Crippen LogP contribution in [0, 0.1) is 0 Å². The van der Waals surface area contributed by atoms with E-state index in [2.05, 4.69) is 10.3 Å². The van der Waals surface area contributed by atoms with Crippen LogP contribution in [0.4, 0.5) is 24.5 Å². The second-order valence-electron chi connectivity index (χ2n) is 6.46. The molecule has 0 radical (unpaired) electrons. The zero-order valence-electron chi connectivity index (χ0n) is 15.6. The zero-order chi connectivity index (χ0) is 22.2. The van der Waals surface area contributed by atoms with Crippen molar-refractivity contribution in [2.45, 2.75) is 11.1 Å². The van der Waals surface area contributed by atoms with E-state index in [1.165, 1.54) is 18.2 Å². The highest BCUT2D eigenvalue weighted by Gasteiger charge is 2.33. The zero-order valence-corrected chi connectivity index (χ0v) is 16.4. The number of fused-ring (bicyclic) bond motifs is 1. The quantitative estimate of drug-likeness (QED) is 0.651. The van der Waals surface area contributed by atoms with Crippen LogP contribution >= 0.6 is 0 Å². The standard InChI is InChI=1S/C19H14F3N3O5S/c20-19(21,22)12-1-4-14(5-2-12)25-7-8-30-16-6-3-13(9-17(16)31(25,27)28)24-18(26)15-10-29-11-23-15/h1-6,9-11H,7-8H2,(H,24,26). The number of hydrogen-bond acceptors (Lipinski definition) is 6. The first kappa shape index (κ1) is 20.7. The van der Waals surface area contributed by atoms with E-state index in [4.69, 9.17) is 9.15 Å². The Kier molecular flexibility index (Phi) is 5.09. The first-order chi connectivity index (χ1) is 14.7. The van der Waals surface area contributed by atoms with Crippen molar-refractivity contribution in [3.63, 3.8) is 0 Å². The summed E-state index contributed by atoms with van der Waals surface area (Å²) in [5.41, 5.74) is -0.673. The van der Waals surface area contributed by atoms with Gasteiger partial charge in [0, 0.05) is 5.69 Å². The Balaban J connectivity index is 1.67. The lowest BCUT2D eigenvalue weighted by Crippen LogP contribution is -2.32. The molecular weight excluding hydrogens is 439 g/mol. The fraction of sp³-hybridized carbons (Fsp3) is 0.158. The number of amides is 1. The van der Waals surface area contributed by atoms with Crippen LogP contribution < -0.4 is 14.4 Å². The van der Waals surface area contributed by atoms with Gasteiger partial charge in [-0.25, -0.2) is 13.4 Å². The van der Waals surface area contributed by atoms with Crippen molar-refractivity contribution in [2.24, 2.45) is 0 Å². The molecular formula is C19H14F3N3O5S. The smallest absolute Gasteiger partial charge is 0.416 e. The van der Waals surface area contributed by atoms with Crippen LogP contribution in [-0.4, -0.2) is 32.5 Å². The van der Waals surface area contributed by atoms with E-state index in [1.807, 2.05) is 0 Å². The maximum Gasteiger partial charge on any atom is 0.416 e. The van der Waals surface area contributed by atoms with Crippen LogP contribution in [0.5, 0.6) is 5.75 Å². The summed E-state index contributed by atoms with van der Waals surface area (Å²) in [5.74, 6) is -0.547. The topological polar surface area (TPSA) is 102 Å². The number of carbonyl (C=O) groups excluding carboxylic acids is 1. The lowest BCUT2D eigenvalue weighted by Gasteiger charge is -2.22. The Morgan fingerprint density at radius 2 is 1.87 bits per heavy atom. The second kappa shape index (κ2) is 7.61. The molecule has 1 N–H and O–H groups in total. The molecule has 0 spiro atoms. The minimum atomic E-state index is -4.54. The molecule has 0 fully saturated rings. The number of sulfonamides is 1. The number of nitrogens with zero attached hydrogens (tertiary/aromatic N) is 2. The minimum absolute atomic E-state index is 0.000399. The molecule has 0 saturated heterocycles. The van der Waals surface area contributed by atoms with Gasteiger partial charge in [-0.15, -0.1) is 0 Å². The summed E-state index contributed by atoms with van der Waals surface area (Å²) < 4.78 is 76.2. The van der Waals surface area contributed by atoms with E-state index in [0.29, 0.717) is 0 Å². The van der Waals surface area contributed by atoms with Gasteiger partial charge >= 0.3 is 6.18 Å². The first-order valence-electron chi connectivity index (χ1n) is 8.83. The minimum Gasteiger partial charge on any atom is -0.490 e. The fourth-order valence-electron chi connectivity index (χ4n) is 2.99. The molecule has 2 heterocycles. The van der Waals surface area contributed by atoms with Gasteiger partial charge in [-0.2, -0.15) is 13.2 Å². The third kappa shape index (κ3) is 4.06. The number of ether oxygens (including phenoxy) is 1. The number of alkyl halides is 3. The van der Waals surface area contributed by atoms with Gasteiger partial charge in [0.25, 0.3) is 15.9 Å². The van der Waals surface area contributed by atoms with Gasteiger partial charge in [-0.05, 0) is 42.5 Å². The number of rotatable bonds is 3. The number of halogens is 3. The summed E-state index contributed by atoms with van der Waals surface area (Å²) in [6.45, 7) is -0.124. The van der Waals surface area contributed by atoms with Gasteiger partial charge in [0.2, 0.25) is 0 Å². The maximum absolute atomic E-state index is 13.3. The van der Waals surface area contributed by atoms with Crippen molar-refractivity contribution in [3.05, 3.63) is 66.4 Å². The lowest BCUT2D eigenvalue weighted by molar-refractivity contribution is -0.137. The molecule has 3 aromatic rings. The first-order valence-corrected chi connectivity index (χ1v) is 10.3. The molecule has 1 aromatic heterocycles. The third-order valence-corrected chi connectivity index (χ3v) is 6.32. The Morgan fingerprint density at radius 1 is 1.13 bits per heavy atom. The average molecular weight is 453 g/mol. The van der Waals surface area contributed by atoms with Gasteiger partial charge in [-0.3, -0.25) is 9.10 Å². The largest absolute Gasteiger partial charge is 0.490 e. The molecule has 162 valence electrons. The number of anilines is 2. The van der Waals surface area contributed by atoms with Gasteiger partial charge in [0.1, 0.15) is 23.5 Å². The highest BCUT2D eigenvalue weighted by atomic mass is 32.2. The predicted molar refractivity (Wildman–Crippen MR) is 102 cm³/mol. The van der Waals surface area contributed by atoms with E-state index in [1.54, 1.807) is 0 Å². The van der Waals surface area contributed by atoms with Crippen LogP contribution in [0.2, 0.25) is 0 Å². The monoisotopic (exact) mass is 453 g/mol.